The van der Waals surface area contributed by atoms with Crippen LogP contribution < -0.4 is 5.32 Å². The molecule has 0 atom stereocenters. The summed E-state index contributed by atoms with van der Waals surface area (Å²) in [5.74, 6) is -0.988. The van der Waals surface area contributed by atoms with Crippen molar-refractivity contribution in [2.24, 2.45) is 0 Å². The third kappa shape index (κ3) is 4.50. The molecule has 108 valence electrons. The predicted octanol–water partition coefficient (Wildman–Crippen LogP) is 2.26. The van der Waals surface area contributed by atoms with E-state index in [2.05, 4.69) is 20.0 Å². The number of thiazole rings is 1. The molecule has 0 aliphatic rings. The van der Waals surface area contributed by atoms with E-state index in [9.17, 15) is 9.59 Å². The molecule has 0 saturated carbocycles. The van der Waals surface area contributed by atoms with Gasteiger partial charge in [-0.3, -0.25) is 15.1 Å². The van der Waals surface area contributed by atoms with Gasteiger partial charge in [0.2, 0.25) is 5.91 Å². The van der Waals surface area contributed by atoms with Gasteiger partial charge < -0.3 is 4.74 Å². The van der Waals surface area contributed by atoms with E-state index >= 15 is 0 Å². The number of nitrogens with zero attached hydrogens (tertiary/aromatic N) is 2. The van der Waals surface area contributed by atoms with Crippen molar-refractivity contribution in [2.45, 2.75) is 6.92 Å². The standard InChI is InChI=1S/C14H13N3O3S/c1-2-20-13(19)6-5-12(18)17-14-16-9-11(21-14)10-4-3-7-15-8-10/h3-9H,2H2,1H3,(H,16,17,18)/b6-5+. The first-order chi connectivity index (χ1) is 10.2. The van der Waals surface area contributed by atoms with Crippen molar-refractivity contribution < 1.29 is 14.3 Å². The average molecular weight is 303 g/mol. The highest BCUT2D eigenvalue weighted by Crippen LogP contribution is 2.27. The number of anilines is 1. The third-order valence-electron chi connectivity index (χ3n) is 2.34. The van der Waals surface area contributed by atoms with Gasteiger partial charge in [-0.15, -0.1) is 0 Å². The van der Waals surface area contributed by atoms with Crippen LogP contribution in [-0.2, 0) is 14.3 Å². The first-order valence-corrected chi connectivity index (χ1v) is 7.02. The van der Waals surface area contributed by atoms with Crippen molar-refractivity contribution in [3.05, 3.63) is 42.9 Å². The Hall–Kier alpha value is -2.54. The maximum Gasteiger partial charge on any atom is 0.330 e. The largest absolute Gasteiger partial charge is 0.463 e. The number of rotatable bonds is 5. The number of nitrogens with one attached hydrogen (secondary N) is 1. The molecule has 6 nitrogen and oxygen atoms in total. The molecule has 0 saturated heterocycles. The van der Waals surface area contributed by atoms with E-state index in [4.69, 9.17) is 0 Å². The minimum Gasteiger partial charge on any atom is -0.463 e. The van der Waals surface area contributed by atoms with Crippen molar-refractivity contribution >= 4 is 28.3 Å². The number of carbonyl (C=O) groups excluding carboxylic acids is 2. The predicted molar refractivity (Wildman–Crippen MR) is 79.7 cm³/mol. The summed E-state index contributed by atoms with van der Waals surface area (Å²) >= 11 is 1.33. The van der Waals surface area contributed by atoms with Crippen LogP contribution in [0.5, 0.6) is 0 Å². The third-order valence-corrected chi connectivity index (χ3v) is 3.30. The molecule has 0 aromatic carbocycles. The molecule has 2 aromatic rings. The van der Waals surface area contributed by atoms with Crippen molar-refractivity contribution in [1.82, 2.24) is 9.97 Å². The van der Waals surface area contributed by atoms with Crippen LogP contribution in [-0.4, -0.2) is 28.5 Å². The SMILES string of the molecule is CCOC(=O)/C=C/C(=O)Nc1ncc(-c2cccnc2)s1. The van der Waals surface area contributed by atoms with Gasteiger partial charge in [-0.1, -0.05) is 17.4 Å². The number of pyridine rings is 1. The van der Waals surface area contributed by atoms with E-state index < -0.39 is 11.9 Å². The lowest BCUT2D eigenvalue weighted by atomic mass is 10.3. The Labute approximate surface area is 125 Å². The van der Waals surface area contributed by atoms with Gasteiger partial charge in [0, 0.05) is 36.3 Å². The van der Waals surface area contributed by atoms with E-state index in [1.807, 2.05) is 12.1 Å². The summed E-state index contributed by atoms with van der Waals surface area (Å²) in [5.41, 5.74) is 0.928. The average Bonchev–Trinajstić information content (AvgIpc) is 2.95. The summed E-state index contributed by atoms with van der Waals surface area (Å²) in [6.07, 6.45) is 7.26. The lowest BCUT2D eigenvalue weighted by molar-refractivity contribution is -0.137. The maximum atomic E-state index is 11.6. The second-order valence-corrected chi connectivity index (χ2v) is 4.88. The molecule has 0 fully saturated rings. The Morgan fingerprint density at radius 2 is 2.24 bits per heavy atom. The number of carbonyl (C=O) groups is 2. The molecule has 0 radical (unpaired) electrons. The number of ether oxygens (including phenoxy) is 1. The van der Waals surface area contributed by atoms with Crippen LogP contribution in [0, 0.1) is 0 Å². The molecule has 0 aliphatic heterocycles. The van der Waals surface area contributed by atoms with E-state index in [1.165, 1.54) is 11.3 Å². The number of esters is 1. The van der Waals surface area contributed by atoms with Gasteiger partial charge in [-0.2, -0.15) is 0 Å². The van der Waals surface area contributed by atoms with E-state index in [0.29, 0.717) is 5.13 Å². The van der Waals surface area contributed by atoms with Gasteiger partial charge in [0.1, 0.15) is 0 Å². The van der Waals surface area contributed by atoms with Crippen LogP contribution in [0.2, 0.25) is 0 Å². The van der Waals surface area contributed by atoms with E-state index in [0.717, 1.165) is 22.6 Å². The summed E-state index contributed by atoms with van der Waals surface area (Å²) in [4.78, 5) is 31.7. The Balaban J connectivity index is 1.97. The molecule has 0 unspecified atom stereocenters. The fraction of sp³-hybridized carbons (Fsp3) is 0.143. The lowest BCUT2D eigenvalue weighted by Gasteiger charge is -1.96. The zero-order chi connectivity index (χ0) is 15.1. The van der Waals surface area contributed by atoms with E-state index in [-0.39, 0.29) is 6.61 Å². The van der Waals surface area contributed by atoms with Crippen molar-refractivity contribution in [1.29, 1.82) is 0 Å². The van der Waals surface area contributed by atoms with Gasteiger partial charge in [0.05, 0.1) is 11.5 Å². The summed E-state index contributed by atoms with van der Waals surface area (Å²) in [6.45, 7) is 1.97. The normalized spacial score (nSPS) is 10.5. The van der Waals surface area contributed by atoms with Crippen LogP contribution in [0.15, 0.2) is 42.9 Å². The molecule has 0 aliphatic carbocycles. The minimum atomic E-state index is -0.553. The van der Waals surface area contributed by atoms with Crippen LogP contribution in [0.3, 0.4) is 0 Å². The van der Waals surface area contributed by atoms with Gasteiger partial charge in [0.25, 0.3) is 0 Å². The van der Waals surface area contributed by atoms with Gasteiger partial charge >= 0.3 is 5.97 Å². The second kappa shape index (κ2) is 7.30. The molecule has 1 amide bonds. The first-order valence-electron chi connectivity index (χ1n) is 6.21. The van der Waals surface area contributed by atoms with E-state index in [1.54, 1.807) is 25.5 Å². The summed E-state index contributed by atoms with van der Waals surface area (Å²) in [7, 11) is 0. The van der Waals surface area contributed by atoms with Crippen LogP contribution in [0.25, 0.3) is 10.4 Å². The number of amides is 1. The summed E-state index contributed by atoms with van der Waals surface area (Å²) in [5, 5.41) is 3.03. The zero-order valence-electron chi connectivity index (χ0n) is 11.3. The molecule has 2 aromatic heterocycles. The fourth-order valence-electron chi connectivity index (χ4n) is 1.46. The topological polar surface area (TPSA) is 81.2 Å². The number of hydrogen-bond acceptors (Lipinski definition) is 6. The molecular weight excluding hydrogens is 290 g/mol. The molecule has 1 N–H and O–H groups in total. The fourth-order valence-corrected chi connectivity index (χ4v) is 2.26. The molecule has 7 heteroatoms. The molecule has 0 bridgehead atoms. The zero-order valence-corrected chi connectivity index (χ0v) is 12.1. The molecule has 21 heavy (non-hydrogen) atoms. The highest BCUT2D eigenvalue weighted by Gasteiger charge is 2.06. The highest BCUT2D eigenvalue weighted by atomic mass is 32.1. The summed E-state index contributed by atoms with van der Waals surface area (Å²) < 4.78 is 4.68. The minimum absolute atomic E-state index is 0.270. The maximum absolute atomic E-state index is 11.6. The number of hydrogen-bond donors (Lipinski definition) is 1. The van der Waals surface area contributed by atoms with Crippen LogP contribution in [0.4, 0.5) is 5.13 Å². The Morgan fingerprint density at radius 1 is 1.38 bits per heavy atom. The smallest absolute Gasteiger partial charge is 0.330 e. The number of aromatic nitrogens is 2. The Morgan fingerprint density at radius 3 is 2.95 bits per heavy atom. The quantitative estimate of drug-likeness (QED) is 0.677. The van der Waals surface area contributed by atoms with Gasteiger partial charge in [-0.25, -0.2) is 9.78 Å². The van der Waals surface area contributed by atoms with Crippen molar-refractivity contribution in [3.8, 4) is 10.4 Å². The molecular formula is C14H13N3O3S. The Kier molecular flexibility index (Phi) is 5.16. The monoisotopic (exact) mass is 303 g/mol. The van der Waals surface area contributed by atoms with Crippen LogP contribution in [0.1, 0.15) is 6.92 Å². The first kappa shape index (κ1) is 14.9. The molecule has 2 heterocycles. The lowest BCUT2D eigenvalue weighted by Crippen LogP contribution is -2.09. The van der Waals surface area contributed by atoms with Crippen molar-refractivity contribution in [2.75, 3.05) is 11.9 Å². The van der Waals surface area contributed by atoms with Gasteiger partial charge in [0.15, 0.2) is 5.13 Å². The highest BCUT2D eigenvalue weighted by molar-refractivity contribution is 7.19. The second-order valence-electron chi connectivity index (χ2n) is 3.85. The molecule has 0 spiro atoms. The molecule has 2 rings (SSSR count). The summed E-state index contributed by atoms with van der Waals surface area (Å²) in [6, 6.07) is 3.74. The van der Waals surface area contributed by atoms with Crippen molar-refractivity contribution in [3.63, 3.8) is 0 Å². The van der Waals surface area contributed by atoms with Gasteiger partial charge in [-0.05, 0) is 13.0 Å². The Bertz CT molecular complexity index is 652. The van der Waals surface area contributed by atoms with Crippen LogP contribution >= 0.6 is 11.3 Å².